The third-order valence-electron chi connectivity index (χ3n) is 8.88. The fourth-order valence-electron chi connectivity index (χ4n) is 5.97. The van der Waals surface area contributed by atoms with Crippen LogP contribution < -0.4 is 17.0 Å². The Hall–Kier alpha value is -2.64. The number of aromatic amines is 1. The number of carbonyl (C=O) groups is 2. The number of amides is 1. The molecule has 39 heavy (non-hydrogen) atoms. The van der Waals surface area contributed by atoms with Gasteiger partial charge in [-0.05, 0) is 25.0 Å². The highest BCUT2D eigenvalue weighted by Gasteiger charge is 2.52. The molecule has 216 valence electrons. The Morgan fingerprint density at radius 2 is 1.79 bits per heavy atom. The number of ketones is 1. The Morgan fingerprint density at radius 3 is 2.38 bits per heavy atom. The van der Waals surface area contributed by atoms with Crippen molar-refractivity contribution in [3.05, 3.63) is 44.9 Å². The summed E-state index contributed by atoms with van der Waals surface area (Å²) in [7, 11) is 3.40. The summed E-state index contributed by atoms with van der Waals surface area (Å²) in [6, 6.07) is 0.468. The maximum Gasteiger partial charge on any atom is 0.330 e. The minimum absolute atomic E-state index is 0.00242. The maximum atomic E-state index is 13.9. The molecular weight excluding hydrogens is 506 g/mol. The predicted molar refractivity (Wildman–Crippen MR) is 142 cm³/mol. The Bertz CT molecular complexity index is 1230. The second-order valence-corrected chi connectivity index (χ2v) is 11.3. The summed E-state index contributed by atoms with van der Waals surface area (Å²) in [6.07, 6.45) is 0.237. The molecule has 0 saturated carbocycles. The van der Waals surface area contributed by atoms with Gasteiger partial charge in [0.2, 0.25) is 5.91 Å². The number of nitrogens with two attached hydrogens (primary N) is 1. The van der Waals surface area contributed by atoms with Crippen molar-refractivity contribution in [2.45, 2.75) is 71.5 Å². The summed E-state index contributed by atoms with van der Waals surface area (Å²) >= 11 is 0. The number of aromatic nitrogens is 2. The van der Waals surface area contributed by atoms with Crippen LogP contribution in [0.1, 0.15) is 40.8 Å². The highest BCUT2D eigenvalue weighted by Crippen LogP contribution is 2.43. The molecule has 10 atom stereocenters. The van der Waals surface area contributed by atoms with Crippen LogP contribution >= 0.6 is 0 Å². The maximum absolute atomic E-state index is 13.9. The Balaban J connectivity index is 1.73. The average molecular weight is 548 g/mol. The van der Waals surface area contributed by atoms with Gasteiger partial charge in [0.1, 0.15) is 18.4 Å². The predicted octanol–water partition coefficient (Wildman–Crippen LogP) is 0.293. The summed E-state index contributed by atoms with van der Waals surface area (Å²) < 4.78 is 20.8. The standard InChI is InChI=1S/C27H41N5O7/c1-13-16(4)26(37-19(13)12-28)39-23(21-24(35)31(7)18(17(5)33)8-10-30(21)6)22-14(2)15(3)25(38-22)32-11-9-20(34)29-27(32)36/h8-9,11,13-16,19,21-23,25-26H,10,12,28H2,1-7H3,(H,29,34,36)/t13?,14?,15?,16?,19?,21-,22?,23-,25?,26?/m0/s1. The first-order chi connectivity index (χ1) is 18.4. The highest BCUT2D eigenvalue weighted by molar-refractivity contribution is 5.98. The molecule has 3 aliphatic heterocycles. The molecule has 0 spiro atoms. The van der Waals surface area contributed by atoms with Crippen LogP contribution in [0.5, 0.6) is 0 Å². The number of hydrogen-bond acceptors (Lipinski definition) is 9. The van der Waals surface area contributed by atoms with Crippen LogP contribution in [0.2, 0.25) is 0 Å². The fraction of sp³-hybridized carbons (Fsp3) is 0.704. The first-order valence-corrected chi connectivity index (χ1v) is 13.5. The van der Waals surface area contributed by atoms with Gasteiger partial charge in [0.25, 0.3) is 5.56 Å². The number of nitrogens with one attached hydrogen (secondary N) is 1. The van der Waals surface area contributed by atoms with E-state index in [4.69, 9.17) is 19.9 Å². The Labute approximate surface area is 228 Å². The number of ether oxygens (including phenoxy) is 3. The molecule has 2 saturated heterocycles. The first kappa shape index (κ1) is 29.3. The molecule has 0 aliphatic carbocycles. The molecule has 3 N–H and O–H groups in total. The van der Waals surface area contributed by atoms with Gasteiger partial charge < -0.3 is 24.8 Å². The third-order valence-corrected chi connectivity index (χ3v) is 8.88. The van der Waals surface area contributed by atoms with Crippen molar-refractivity contribution in [2.75, 3.05) is 27.2 Å². The van der Waals surface area contributed by atoms with E-state index >= 15 is 0 Å². The van der Waals surface area contributed by atoms with E-state index in [0.29, 0.717) is 18.8 Å². The molecule has 0 bridgehead atoms. The van der Waals surface area contributed by atoms with Crippen LogP contribution in [0.3, 0.4) is 0 Å². The van der Waals surface area contributed by atoms with Crippen molar-refractivity contribution in [3.63, 3.8) is 0 Å². The molecular formula is C27H41N5O7. The van der Waals surface area contributed by atoms with Crippen LogP contribution in [-0.4, -0.2) is 88.9 Å². The number of H-pyrrole nitrogens is 1. The number of carbonyl (C=O) groups excluding carboxylic acids is 2. The van der Waals surface area contributed by atoms with E-state index in [0.717, 1.165) is 0 Å². The van der Waals surface area contributed by atoms with Crippen molar-refractivity contribution in [3.8, 4) is 0 Å². The van der Waals surface area contributed by atoms with Gasteiger partial charge in [0, 0.05) is 51.2 Å². The van der Waals surface area contributed by atoms with Crippen LogP contribution in [0.25, 0.3) is 0 Å². The average Bonchev–Trinajstić information content (AvgIpc) is 3.28. The fourth-order valence-corrected chi connectivity index (χ4v) is 5.97. The number of allylic oxidation sites excluding steroid dienone is 1. The lowest BCUT2D eigenvalue weighted by molar-refractivity contribution is -0.220. The van der Waals surface area contributed by atoms with Gasteiger partial charge in [-0.2, -0.15) is 0 Å². The minimum atomic E-state index is -0.808. The minimum Gasteiger partial charge on any atom is -0.351 e. The van der Waals surface area contributed by atoms with Crippen molar-refractivity contribution in [2.24, 2.45) is 29.4 Å². The monoisotopic (exact) mass is 547 g/mol. The normalized spacial score (nSPS) is 36.6. The summed E-state index contributed by atoms with van der Waals surface area (Å²) in [5, 5.41) is 0. The highest BCUT2D eigenvalue weighted by atomic mass is 16.7. The Kier molecular flexibility index (Phi) is 8.62. The van der Waals surface area contributed by atoms with Gasteiger partial charge in [-0.3, -0.25) is 28.8 Å². The van der Waals surface area contributed by atoms with E-state index in [2.05, 4.69) is 11.9 Å². The van der Waals surface area contributed by atoms with E-state index in [1.165, 1.54) is 28.7 Å². The van der Waals surface area contributed by atoms with Crippen LogP contribution in [-0.2, 0) is 23.8 Å². The Morgan fingerprint density at radius 1 is 1.10 bits per heavy atom. The van der Waals surface area contributed by atoms with E-state index in [1.54, 1.807) is 13.1 Å². The molecule has 3 aliphatic rings. The molecule has 1 amide bonds. The molecule has 4 heterocycles. The SMILES string of the molecule is CC(=O)C1=CCN(C)[C@@H]([C@H](OC2OC(CN)C(C)C2C)C2OC(n3ccc(=O)[nH]c3=O)C(C)C2C)C(=O)N1C. The quantitative estimate of drug-likeness (QED) is 0.491. The lowest BCUT2D eigenvalue weighted by Gasteiger charge is -2.39. The van der Waals surface area contributed by atoms with Gasteiger partial charge in [-0.15, -0.1) is 0 Å². The summed E-state index contributed by atoms with van der Waals surface area (Å²) in [4.78, 5) is 56.1. The molecule has 0 aromatic carbocycles. The molecule has 12 heteroatoms. The summed E-state index contributed by atoms with van der Waals surface area (Å²) in [5.41, 5.74) is 5.20. The lowest BCUT2D eigenvalue weighted by Crippen LogP contribution is -2.57. The largest absolute Gasteiger partial charge is 0.351 e. The summed E-state index contributed by atoms with van der Waals surface area (Å²) in [6.45, 7) is 10.2. The molecule has 2 fully saturated rings. The van der Waals surface area contributed by atoms with Crippen molar-refractivity contribution < 1.29 is 23.8 Å². The van der Waals surface area contributed by atoms with E-state index in [-0.39, 0.29) is 41.5 Å². The first-order valence-electron chi connectivity index (χ1n) is 13.5. The number of rotatable bonds is 7. The molecule has 1 aromatic rings. The zero-order chi connectivity index (χ0) is 28.8. The molecule has 8 unspecified atom stereocenters. The molecule has 12 nitrogen and oxygen atoms in total. The van der Waals surface area contributed by atoms with Crippen molar-refractivity contribution in [1.82, 2.24) is 19.4 Å². The van der Waals surface area contributed by atoms with Gasteiger partial charge in [-0.25, -0.2) is 4.79 Å². The van der Waals surface area contributed by atoms with Gasteiger partial charge in [-0.1, -0.05) is 27.7 Å². The summed E-state index contributed by atoms with van der Waals surface area (Å²) in [5.74, 6) is -0.664. The molecule has 0 radical (unpaired) electrons. The van der Waals surface area contributed by atoms with Gasteiger partial charge in [0.15, 0.2) is 12.1 Å². The van der Waals surface area contributed by atoms with E-state index < -0.39 is 42.0 Å². The zero-order valence-corrected chi connectivity index (χ0v) is 23.7. The van der Waals surface area contributed by atoms with Crippen LogP contribution in [0, 0.1) is 23.7 Å². The second-order valence-electron chi connectivity index (χ2n) is 11.3. The van der Waals surface area contributed by atoms with E-state index in [1.807, 2.05) is 32.7 Å². The topological polar surface area (TPSA) is 149 Å². The van der Waals surface area contributed by atoms with Gasteiger partial charge >= 0.3 is 5.69 Å². The number of Topliss-reactive ketones (excluding diaryl/α,β-unsaturated/α-hetero) is 1. The lowest BCUT2D eigenvalue weighted by atomic mass is 9.86. The van der Waals surface area contributed by atoms with Gasteiger partial charge in [0.05, 0.1) is 17.9 Å². The van der Waals surface area contributed by atoms with E-state index in [9.17, 15) is 19.2 Å². The molecule has 1 aromatic heterocycles. The van der Waals surface area contributed by atoms with Crippen LogP contribution in [0.15, 0.2) is 33.6 Å². The number of nitrogens with zero attached hydrogens (tertiary/aromatic N) is 3. The number of hydrogen-bond donors (Lipinski definition) is 2. The smallest absolute Gasteiger partial charge is 0.330 e. The molecule has 4 rings (SSSR count). The second kappa shape index (κ2) is 11.5. The third kappa shape index (κ3) is 5.40. The number of likely N-dealkylation sites (N-methyl/N-ethyl adjacent to an activating group) is 2. The van der Waals surface area contributed by atoms with Crippen LogP contribution in [0.4, 0.5) is 0 Å². The van der Waals surface area contributed by atoms with Crippen molar-refractivity contribution >= 4 is 11.7 Å². The zero-order valence-electron chi connectivity index (χ0n) is 23.7. The van der Waals surface area contributed by atoms with Crippen molar-refractivity contribution in [1.29, 1.82) is 0 Å².